The first-order valence-corrected chi connectivity index (χ1v) is 7.90. The molecule has 0 radical (unpaired) electrons. The van der Waals surface area contributed by atoms with Gasteiger partial charge in [0.05, 0.1) is 12.8 Å². The van der Waals surface area contributed by atoms with Crippen LogP contribution in [0.5, 0.6) is 5.88 Å². The topological polar surface area (TPSA) is 56.1 Å². The number of benzene rings is 2. The predicted molar refractivity (Wildman–Crippen MR) is 92.6 cm³/mol. The first kappa shape index (κ1) is 16.7. The number of nitrogens with zero attached hydrogens (tertiary/aromatic N) is 2. The van der Waals surface area contributed by atoms with Crippen LogP contribution in [0.25, 0.3) is 5.69 Å². The summed E-state index contributed by atoms with van der Waals surface area (Å²) in [4.78, 5) is 12.5. The van der Waals surface area contributed by atoms with Gasteiger partial charge in [0, 0.05) is 12.6 Å². The Morgan fingerprint density at radius 3 is 2.60 bits per heavy atom. The monoisotopic (exact) mass is 339 g/mol. The van der Waals surface area contributed by atoms with E-state index in [-0.39, 0.29) is 11.7 Å². The number of aromatic nitrogens is 2. The number of halogens is 1. The minimum Gasteiger partial charge on any atom is -0.480 e. The van der Waals surface area contributed by atoms with Crippen molar-refractivity contribution in [1.29, 1.82) is 0 Å². The van der Waals surface area contributed by atoms with Gasteiger partial charge in [0.2, 0.25) is 5.88 Å². The van der Waals surface area contributed by atoms with Crippen LogP contribution < -0.4 is 10.1 Å². The van der Waals surface area contributed by atoms with E-state index in [0.29, 0.717) is 30.1 Å². The molecule has 1 amide bonds. The molecule has 0 atom stereocenters. The van der Waals surface area contributed by atoms with Crippen LogP contribution >= 0.6 is 0 Å². The van der Waals surface area contributed by atoms with E-state index in [0.717, 1.165) is 5.69 Å². The average Bonchev–Trinajstić information content (AvgIpc) is 3.08. The first-order chi connectivity index (χ1) is 12.2. The van der Waals surface area contributed by atoms with Crippen LogP contribution in [-0.4, -0.2) is 29.3 Å². The molecule has 128 valence electrons. The second-order valence-electron chi connectivity index (χ2n) is 5.42. The molecule has 1 heterocycles. The zero-order valence-corrected chi connectivity index (χ0v) is 13.8. The highest BCUT2D eigenvalue weighted by molar-refractivity contribution is 5.93. The second-order valence-corrected chi connectivity index (χ2v) is 5.42. The maximum atomic E-state index is 13.6. The maximum Gasteiger partial charge on any atom is 0.270 e. The van der Waals surface area contributed by atoms with Crippen LogP contribution in [0.15, 0.2) is 60.7 Å². The summed E-state index contributed by atoms with van der Waals surface area (Å²) < 4.78 is 20.3. The summed E-state index contributed by atoms with van der Waals surface area (Å²) in [6, 6.07) is 17.4. The predicted octanol–water partition coefficient (Wildman–Crippen LogP) is 2.99. The van der Waals surface area contributed by atoms with E-state index >= 15 is 0 Å². The summed E-state index contributed by atoms with van der Waals surface area (Å²) in [6.07, 6.45) is 0.412. The third-order valence-electron chi connectivity index (χ3n) is 3.77. The van der Waals surface area contributed by atoms with Crippen molar-refractivity contribution in [3.63, 3.8) is 0 Å². The zero-order chi connectivity index (χ0) is 17.6. The Morgan fingerprint density at radius 2 is 1.88 bits per heavy atom. The van der Waals surface area contributed by atoms with Gasteiger partial charge in [-0.1, -0.05) is 36.4 Å². The number of methoxy groups -OCH3 is 1. The molecule has 1 N–H and O–H groups in total. The van der Waals surface area contributed by atoms with Crippen molar-refractivity contribution in [2.75, 3.05) is 13.7 Å². The van der Waals surface area contributed by atoms with Crippen LogP contribution in [0.3, 0.4) is 0 Å². The smallest absolute Gasteiger partial charge is 0.270 e. The van der Waals surface area contributed by atoms with Crippen LogP contribution in [-0.2, 0) is 6.42 Å². The van der Waals surface area contributed by atoms with Crippen molar-refractivity contribution >= 4 is 5.91 Å². The Hall–Kier alpha value is -3.15. The highest BCUT2D eigenvalue weighted by atomic mass is 19.1. The molecule has 25 heavy (non-hydrogen) atoms. The molecule has 0 aliphatic carbocycles. The summed E-state index contributed by atoms with van der Waals surface area (Å²) in [6.45, 7) is 0.321. The lowest BCUT2D eigenvalue weighted by Crippen LogP contribution is -2.28. The molecular formula is C19H18FN3O2. The number of ether oxygens (including phenoxy) is 1. The van der Waals surface area contributed by atoms with Gasteiger partial charge in [0.25, 0.3) is 5.91 Å². The molecule has 2 aromatic carbocycles. The van der Waals surface area contributed by atoms with E-state index in [4.69, 9.17) is 4.74 Å². The number of hydrogen-bond acceptors (Lipinski definition) is 3. The molecule has 0 fully saturated rings. The van der Waals surface area contributed by atoms with E-state index in [1.165, 1.54) is 17.9 Å². The summed E-state index contributed by atoms with van der Waals surface area (Å²) in [5, 5.41) is 7.07. The third-order valence-corrected chi connectivity index (χ3v) is 3.77. The Bertz CT molecular complexity index is 862. The van der Waals surface area contributed by atoms with Crippen molar-refractivity contribution in [3.05, 3.63) is 77.7 Å². The summed E-state index contributed by atoms with van der Waals surface area (Å²) in [5.74, 6) is -0.216. The number of hydrogen-bond donors (Lipinski definition) is 1. The largest absolute Gasteiger partial charge is 0.480 e. The van der Waals surface area contributed by atoms with E-state index in [2.05, 4.69) is 10.4 Å². The van der Waals surface area contributed by atoms with Gasteiger partial charge < -0.3 is 10.1 Å². The molecule has 0 aliphatic rings. The lowest BCUT2D eigenvalue weighted by Gasteiger charge is -2.08. The lowest BCUT2D eigenvalue weighted by molar-refractivity contribution is 0.0946. The van der Waals surface area contributed by atoms with E-state index < -0.39 is 0 Å². The quantitative estimate of drug-likeness (QED) is 0.751. The molecule has 3 aromatic rings. The fourth-order valence-corrected chi connectivity index (χ4v) is 2.49. The number of carbonyl (C=O) groups excluding carboxylic acids is 1. The number of nitrogens with one attached hydrogen (secondary N) is 1. The van der Waals surface area contributed by atoms with Gasteiger partial charge in [0.1, 0.15) is 11.5 Å². The SMILES string of the molecule is COc1cc(C(=O)NCCc2ccccc2F)n(-c2ccccc2)n1. The summed E-state index contributed by atoms with van der Waals surface area (Å²) >= 11 is 0. The van der Waals surface area contributed by atoms with Crippen molar-refractivity contribution in [3.8, 4) is 11.6 Å². The molecule has 3 rings (SSSR count). The summed E-state index contributed by atoms with van der Waals surface area (Å²) in [5.41, 5.74) is 1.68. The van der Waals surface area contributed by atoms with Gasteiger partial charge in [-0.2, -0.15) is 0 Å². The molecule has 0 unspecified atom stereocenters. The highest BCUT2D eigenvalue weighted by Gasteiger charge is 2.17. The van der Waals surface area contributed by atoms with E-state index in [1.54, 1.807) is 24.3 Å². The van der Waals surface area contributed by atoms with Crippen LogP contribution in [0.2, 0.25) is 0 Å². The van der Waals surface area contributed by atoms with Crippen molar-refractivity contribution in [2.45, 2.75) is 6.42 Å². The maximum absolute atomic E-state index is 13.6. The molecule has 0 aliphatic heterocycles. The van der Waals surface area contributed by atoms with Gasteiger partial charge in [0.15, 0.2) is 0 Å². The molecule has 0 spiro atoms. The molecule has 0 saturated heterocycles. The standard InChI is InChI=1S/C19H18FN3O2/c1-25-18-13-17(23(22-18)15-8-3-2-4-9-15)19(24)21-12-11-14-7-5-6-10-16(14)20/h2-10,13H,11-12H2,1H3,(H,21,24). The van der Waals surface area contributed by atoms with Crippen molar-refractivity contribution in [2.24, 2.45) is 0 Å². The van der Waals surface area contributed by atoms with Crippen LogP contribution in [0.4, 0.5) is 4.39 Å². The van der Waals surface area contributed by atoms with Crippen molar-refractivity contribution < 1.29 is 13.9 Å². The molecule has 6 heteroatoms. The fraction of sp³-hybridized carbons (Fsp3) is 0.158. The molecule has 0 bridgehead atoms. The lowest BCUT2D eigenvalue weighted by atomic mass is 10.1. The number of para-hydroxylation sites is 1. The normalized spacial score (nSPS) is 10.5. The Labute approximate surface area is 145 Å². The molecule has 0 saturated carbocycles. The summed E-state index contributed by atoms with van der Waals surface area (Å²) in [7, 11) is 1.50. The molecule has 5 nitrogen and oxygen atoms in total. The van der Waals surface area contributed by atoms with E-state index in [9.17, 15) is 9.18 Å². The minimum atomic E-state index is -0.295. The van der Waals surface area contributed by atoms with Gasteiger partial charge in [-0.25, -0.2) is 9.07 Å². The minimum absolute atomic E-state index is 0.271. The van der Waals surface area contributed by atoms with Gasteiger partial charge in [-0.05, 0) is 30.2 Å². The second kappa shape index (κ2) is 7.61. The third kappa shape index (κ3) is 3.85. The van der Waals surface area contributed by atoms with Gasteiger partial charge in [-0.15, -0.1) is 5.10 Å². The average molecular weight is 339 g/mol. The number of rotatable bonds is 6. The number of amides is 1. The van der Waals surface area contributed by atoms with Crippen LogP contribution in [0.1, 0.15) is 16.1 Å². The first-order valence-electron chi connectivity index (χ1n) is 7.90. The van der Waals surface area contributed by atoms with Gasteiger partial charge in [-0.3, -0.25) is 4.79 Å². The van der Waals surface area contributed by atoms with Crippen LogP contribution in [0, 0.1) is 5.82 Å². The van der Waals surface area contributed by atoms with Crippen molar-refractivity contribution in [1.82, 2.24) is 15.1 Å². The Kier molecular flexibility index (Phi) is 5.09. The zero-order valence-electron chi connectivity index (χ0n) is 13.8. The molecular weight excluding hydrogens is 321 g/mol. The van der Waals surface area contributed by atoms with E-state index in [1.807, 2.05) is 30.3 Å². The Morgan fingerprint density at radius 1 is 1.16 bits per heavy atom. The molecule has 1 aromatic heterocycles. The highest BCUT2D eigenvalue weighted by Crippen LogP contribution is 2.17. The number of carbonyl (C=O) groups is 1. The fourth-order valence-electron chi connectivity index (χ4n) is 2.49. The van der Waals surface area contributed by atoms with Gasteiger partial charge >= 0.3 is 0 Å². The Balaban J connectivity index is 1.74.